The highest BCUT2D eigenvalue weighted by Gasteiger charge is 2.21. The van der Waals surface area contributed by atoms with Crippen molar-refractivity contribution in [3.05, 3.63) is 5.82 Å². The van der Waals surface area contributed by atoms with Gasteiger partial charge in [0.2, 0.25) is 11.9 Å². The summed E-state index contributed by atoms with van der Waals surface area (Å²) in [7, 11) is 3.90. The first kappa shape index (κ1) is 16.9. The van der Waals surface area contributed by atoms with E-state index < -0.39 is 0 Å². The van der Waals surface area contributed by atoms with Crippen LogP contribution >= 0.6 is 0 Å². The predicted octanol–water partition coefficient (Wildman–Crippen LogP) is 0.564. The number of rotatable bonds is 5. The normalized spacial score (nSPS) is 17.9. The SMILES string of the molecule is CC(C)c1nc(N(C)C)nc(N2CCN(C[C@@H](C)O)CC2)n1. The van der Waals surface area contributed by atoms with E-state index in [0.29, 0.717) is 5.95 Å². The zero-order valence-electron chi connectivity index (χ0n) is 14.3. The number of nitrogens with zero attached hydrogens (tertiary/aromatic N) is 6. The van der Waals surface area contributed by atoms with E-state index in [-0.39, 0.29) is 12.0 Å². The van der Waals surface area contributed by atoms with Crippen LogP contribution in [-0.2, 0) is 0 Å². The Hall–Kier alpha value is -1.47. The third-order valence-corrected chi connectivity index (χ3v) is 3.72. The maximum atomic E-state index is 9.49. The molecule has 0 spiro atoms. The standard InChI is InChI=1S/C15H28N6O/c1-11(2)13-16-14(19(4)5)18-15(17-13)21-8-6-20(7-9-21)10-12(3)22/h11-12,22H,6-10H2,1-5H3/t12-/m1/s1. The highest BCUT2D eigenvalue weighted by Crippen LogP contribution is 2.18. The zero-order chi connectivity index (χ0) is 16.3. The summed E-state index contributed by atoms with van der Waals surface area (Å²) in [6.45, 7) is 10.3. The van der Waals surface area contributed by atoms with Gasteiger partial charge in [-0.05, 0) is 6.92 Å². The lowest BCUT2D eigenvalue weighted by Crippen LogP contribution is -2.49. The molecule has 7 nitrogen and oxygen atoms in total. The van der Waals surface area contributed by atoms with Gasteiger partial charge in [0.15, 0.2) is 0 Å². The Labute approximate surface area is 133 Å². The molecule has 1 fully saturated rings. The zero-order valence-corrected chi connectivity index (χ0v) is 14.3. The van der Waals surface area contributed by atoms with Gasteiger partial charge < -0.3 is 14.9 Å². The minimum absolute atomic E-state index is 0.275. The van der Waals surface area contributed by atoms with Crippen LogP contribution in [0, 0.1) is 0 Å². The van der Waals surface area contributed by atoms with Gasteiger partial charge in [0.05, 0.1) is 6.10 Å². The highest BCUT2D eigenvalue weighted by atomic mass is 16.3. The number of hydrogen-bond donors (Lipinski definition) is 1. The van der Waals surface area contributed by atoms with E-state index in [1.807, 2.05) is 25.9 Å². The minimum Gasteiger partial charge on any atom is -0.392 e. The second kappa shape index (κ2) is 7.19. The molecule has 1 aromatic rings. The summed E-state index contributed by atoms with van der Waals surface area (Å²) in [6, 6.07) is 0. The van der Waals surface area contributed by atoms with Crippen molar-refractivity contribution in [1.29, 1.82) is 0 Å². The fraction of sp³-hybridized carbons (Fsp3) is 0.800. The number of aromatic nitrogens is 3. The van der Waals surface area contributed by atoms with Crippen LogP contribution in [0.5, 0.6) is 0 Å². The molecule has 7 heteroatoms. The molecule has 1 aromatic heterocycles. The lowest BCUT2D eigenvalue weighted by molar-refractivity contribution is 0.122. The van der Waals surface area contributed by atoms with Crippen LogP contribution in [0.15, 0.2) is 0 Å². The van der Waals surface area contributed by atoms with Gasteiger partial charge in [-0.15, -0.1) is 0 Å². The third-order valence-electron chi connectivity index (χ3n) is 3.72. The van der Waals surface area contributed by atoms with Gasteiger partial charge in [-0.2, -0.15) is 15.0 Å². The Morgan fingerprint density at radius 2 is 1.68 bits per heavy atom. The van der Waals surface area contributed by atoms with Gasteiger partial charge in [0.1, 0.15) is 5.82 Å². The van der Waals surface area contributed by atoms with Gasteiger partial charge >= 0.3 is 0 Å². The Morgan fingerprint density at radius 3 is 2.18 bits per heavy atom. The first-order valence-electron chi connectivity index (χ1n) is 7.95. The highest BCUT2D eigenvalue weighted by molar-refractivity contribution is 5.39. The van der Waals surface area contributed by atoms with Gasteiger partial charge in [-0.1, -0.05) is 13.8 Å². The number of aliphatic hydroxyl groups excluding tert-OH is 1. The van der Waals surface area contributed by atoms with E-state index in [4.69, 9.17) is 0 Å². The van der Waals surface area contributed by atoms with Gasteiger partial charge in [0, 0.05) is 52.7 Å². The molecule has 0 aliphatic carbocycles. The summed E-state index contributed by atoms with van der Waals surface area (Å²) < 4.78 is 0. The maximum absolute atomic E-state index is 9.49. The molecule has 1 N–H and O–H groups in total. The van der Waals surface area contributed by atoms with E-state index in [2.05, 4.69) is 38.6 Å². The second-order valence-corrected chi connectivity index (χ2v) is 6.48. The van der Waals surface area contributed by atoms with Crippen molar-refractivity contribution in [2.24, 2.45) is 0 Å². The van der Waals surface area contributed by atoms with Crippen LogP contribution in [0.1, 0.15) is 32.5 Å². The second-order valence-electron chi connectivity index (χ2n) is 6.48. The van der Waals surface area contributed by atoms with E-state index in [0.717, 1.165) is 44.5 Å². The van der Waals surface area contributed by atoms with Crippen molar-refractivity contribution < 1.29 is 5.11 Å². The average Bonchev–Trinajstić information content (AvgIpc) is 2.46. The minimum atomic E-state index is -0.281. The summed E-state index contributed by atoms with van der Waals surface area (Å²) in [5.41, 5.74) is 0. The lowest BCUT2D eigenvalue weighted by atomic mass is 10.2. The third kappa shape index (κ3) is 4.27. The van der Waals surface area contributed by atoms with Gasteiger partial charge in [-0.25, -0.2) is 0 Å². The summed E-state index contributed by atoms with van der Waals surface area (Å²) in [5, 5.41) is 9.49. The van der Waals surface area contributed by atoms with Crippen LogP contribution in [0.4, 0.5) is 11.9 Å². The molecule has 2 heterocycles. The van der Waals surface area contributed by atoms with E-state index in [1.54, 1.807) is 0 Å². The molecule has 1 aliphatic rings. The van der Waals surface area contributed by atoms with Crippen LogP contribution in [0.3, 0.4) is 0 Å². The predicted molar refractivity (Wildman–Crippen MR) is 88.6 cm³/mol. The molecule has 1 aliphatic heterocycles. The van der Waals surface area contributed by atoms with Gasteiger partial charge in [-0.3, -0.25) is 4.90 Å². The van der Waals surface area contributed by atoms with Crippen molar-refractivity contribution in [2.45, 2.75) is 32.8 Å². The average molecular weight is 308 g/mol. The molecule has 2 rings (SSSR count). The molecule has 1 saturated heterocycles. The molecule has 0 unspecified atom stereocenters. The first-order valence-corrected chi connectivity index (χ1v) is 7.95. The van der Waals surface area contributed by atoms with Crippen LogP contribution < -0.4 is 9.80 Å². The number of aliphatic hydroxyl groups is 1. The summed E-state index contributed by atoms with van der Waals surface area (Å²) in [4.78, 5) is 20.1. The van der Waals surface area contributed by atoms with Crippen molar-refractivity contribution in [3.63, 3.8) is 0 Å². The molecule has 0 bridgehead atoms. The van der Waals surface area contributed by atoms with E-state index in [9.17, 15) is 5.11 Å². The fourth-order valence-corrected chi connectivity index (χ4v) is 2.47. The summed E-state index contributed by atoms with van der Waals surface area (Å²) in [5.74, 6) is 2.58. The molecule has 0 saturated carbocycles. The molecule has 22 heavy (non-hydrogen) atoms. The molecule has 0 aromatic carbocycles. The van der Waals surface area contributed by atoms with Crippen molar-refractivity contribution in [2.75, 3.05) is 56.6 Å². The Balaban J connectivity index is 2.12. The van der Waals surface area contributed by atoms with Crippen molar-refractivity contribution in [1.82, 2.24) is 19.9 Å². The Kier molecular flexibility index (Phi) is 5.52. The van der Waals surface area contributed by atoms with Crippen molar-refractivity contribution in [3.8, 4) is 0 Å². The van der Waals surface area contributed by atoms with E-state index in [1.165, 1.54) is 0 Å². The van der Waals surface area contributed by atoms with Crippen LogP contribution in [-0.4, -0.2) is 77.9 Å². The lowest BCUT2D eigenvalue weighted by Gasteiger charge is -2.35. The first-order chi connectivity index (χ1) is 10.4. The monoisotopic (exact) mass is 308 g/mol. The fourth-order valence-electron chi connectivity index (χ4n) is 2.47. The topological polar surface area (TPSA) is 68.6 Å². The van der Waals surface area contributed by atoms with E-state index >= 15 is 0 Å². The van der Waals surface area contributed by atoms with Crippen LogP contribution in [0.2, 0.25) is 0 Å². The van der Waals surface area contributed by atoms with Crippen molar-refractivity contribution >= 4 is 11.9 Å². The summed E-state index contributed by atoms with van der Waals surface area (Å²) >= 11 is 0. The molecule has 0 amide bonds. The number of β-amino-alcohol motifs (C(OH)–C–C–N with tert-alkyl or cyclic N) is 1. The largest absolute Gasteiger partial charge is 0.392 e. The molecular weight excluding hydrogens is 280 g/mol. The molecular formula is C15H28N6O. The van der Waals surface area contributed by atoms with Crippen LogP contribution in [0.25, 0.3) is 0 Å². The number of anilines is 2. The smallest absolute Gasteiger partial charge is 0.230 e. The van der Waals surface area contributed by atoms with Gasteiger partial charge in [0.25, 0.3) is 0 Å². The molecule has 124 valence electrons. The molecule has 1 atom stereocenters. The quantitative estimate of drug-likeness (QED) is 0.852. The maximum Gasteiger partial charge on any atom is 0.230 e. The number of piperazine rings is 1. The molecule has 0 radical (unpaired) electrons. The Bertz CT molecular complexity index is 457. The number of hydrogen-bond acceptors (Lipinski definition) is 7. The Morgan fingerprint density at radius 1 is 1.05 bits per heavy atom. The summed E-state index contributed by atoms with van der Waals surface area (Å²) in [6.07, 6.45) is -0.281.